The maximum Gasteiger partial charge on any atom is 0.165 e. The first kappa shape index (κ1) is 14.3. The lowest BCUT2D eigenvalue weighted by molar-refractivity contribution is 0.287. The van der Waals surface area contributed by atoms with E-state index in [1.54, 1.807) is 6.07 Å². The molecule has 2 N–H and O–H groups in total. The van der Waals surface area contributed by atoms with Crippen LogP contribution in [0.15, 0.2) is 18.2 Å². The normalized spacial score (nSPS) is 22.8. The van der Waals surface area contributed by atoms with E-state index in [1.807, 2.05) is 20.2 Å². The predicted molar refractivity (Wildman–Crippen MR) is 75.0 cm³/mol. The highest BCUT2D eigenvalue weighted by Gasteiger charge is 2.35. The van der Waals surface area contributed by atoms with Crippen molar-refractivity contribution in [3.63, 3.8) is 0 Å². The number of para-hydroxylation sites is 1. The molecule has 0 saturated heterocycles. The van der Waals surface area contributed by atoms with Crippen molar-refractivity contribution in [2.24, 2.45) is 5.73 Å². The van der Waals surface area contributed by atoms with E-state index in [1.165, 1.54) is 6.07 Å². The molecule has 2 rings (SSSR count). The van der Waals surface area contributed by atoms with Crippen molar-refractivity contribution in [3.05, 3.63) is 29.6 Å². The van der Waals surface area contributed by atoms with Gasteiger partial charge in [-0.15, -0.1) is 0 Å². The van der Waals surface area contributed by atoms with Crippen LogP contribution in [0.25, 0.3) is 0 Å². The van der Waals surface area contributed by atoms with Crippen molar-refractivity contribution < 1.29 is 9.13 Å². The minimum absolute atomic E-state index is 0.168. The van der Waals surface area contributed by atoms with Gasteiger partial charge >= 0.3 is 0 Å². The number of rotatable bonds is 4. The van der Waals surface area contributed by atoms with Crippen LogP contribution in [-0.2, 0) is 5.41 Å². The molecule has 19 heavy (non-hydrogen) atoms. The average molecular weight is 266 g/mol. The summed E-state index contributed by atoms with van der Waals surface area (Å²) in [4.78, 5) is 2.14. The Morgan fingerprint density at radius 3 is 2.89 bits per heavy atom. The average Bonchev–Trinajstić information content (AvgIpc) is 2.58. The number of ether oxygens (including phenoxy) is 1. The molecule has 1 unspecified atom stereocenters. The van der Waals surface area contributed by atoms with Crippen LogP contribution in [0.4, 0.5) is 4.39 Å². The number of hydrogen-bond donors (Lipinski definition) is 1. The Bertz CT molecular complexity index is 436. The summed E-state index contributed by atoms with van der Waals surface area (Å²) >= 11 is 0. The van der Waals surface area contributed by atoms with Gasteiger partial charge in [0.25, 0.3) is 0 Å². The Hall–Kier alpha value is -1.13. The van der Waals surface area contributed by atoms with Crippen molar-refractivity contribution in [2.45, 2.75) is 24.7 Å². The number of hydrogen-bond acceptors (Lipinski definition) is 3. The monoisotopic (exact) mass is 266 g/mol. The van der Waals surface area contributed by atoms with Crippen LogP contribution in [0, 0.1) is 5.82 Å². The number of halogens is 1. The van der Waals surface area contributed by atoms with Gasteiger partial charge in [0.1, 0.15) is 0 Å². The smallest absolute Gasteiger partial charge is 0.165 e. The number of benzene rings is 1. The van der Waals surface area contributed by atoms with E-state index in [2.05, 4.69) is 4.90 Å². The predicted octanol–water partition coefficient (Wildman–Crippen LogP) is 2.15. The SMILES string of the molecule is CN(C)CCC1(CN)CCCOc2c(F)cccc21. The molecule has 0 aliphatic carbocycles. The molecule has 1 aliphatic rings. The summed E-state index contributed by atoms with van der Waals surface area (Å²) in [5, 5.41) is 0. The summed E-state index contributed by atoms with van der Waals surface area (Å²) in [6.45, 7) is 2.03. The molecular formula is C15H23FN2O. The standard InChI is InChI=1S/C15H23FN2O/c1-18(2)9-8-15(11-17)7-4-10-19-14-12(15)5-3-6-13(14)16/h3,5-6H,4,7-11,17H2,1-2H3. The van der Waals surface area contributed by atoms with E-state index in [-0.39, 0.29) is 11.2 Å². The van der Waals surface area contributed by atoms with Crippen LogP contribution in [-0.4, -0.2) is 38.7 Å². The number of nitrogens with two attached hydrogens (primary N) is 1. The fraction of sp³-hybridized carbons (Fsp3) is 0.600. The fourth-order valence-electron chi connectivity index (χ4n) is 2.80. The molecule has 0 bridgehead atoms. The molecule has 1 aromatic rings. The molecule has 3 nitrogen and oxygen atoms in total. The van der Waals surface area contributed by atoms with Gasteiger partial charge in [-0.1, -0.05) is 12.1 Å². The Balaban J connectivity index is 2.40. The summed E-state index contributed by atoms with van der Waals surface area (Å²) in [6.07, 6.45) is 2.79. The molecule has 0 aromatic heterocycles. The maximum absolute atomic E-state index is 14.0. The van der Waals surface area contributed by atoms with Gasteiger partial charge < -0.3 is 15.4 Å². The molecule has 1 aliphatic heterocycles. The number of nitrogens with zero attached hydrogens (tertiary/aromatic N) is 1. The van der Waals surface area contributed by atoms with E-state index in [4.69, 9.17) is 10.5 Å². The van der Waals surface area contributed by atoms with Crippen molar-refractivity contribution in [1.82, 2.24) is 4.90 Å². The molecule has 1 atom stereocenters. The highest BCUT2D eigenvalue weighted by molar-refractivity contribution is 5.42. The van der Waals surface area contributed by atoms with Gasteiger partial charge in [0.2, 0.25) is 0 Å². The van der Waals surface area contributed by atoms with Crippen molar-refractivity contribution in [1.29, 1.82) is 0 Å². The minimum Gasteiger partial charge on any atom is -0.490 e. The lowest BCUT2D eigenvalue weighted by Gasteiger charge is -2.33. The third-order valence-electron chi connectivity index (χ3n) is 4.01. The van der Waals surface area contributed by atoms with Gasteiger partial charge in [-0.2, -0.15) is 0 Å². The highest BCUT2D eigenvalue weighted by Crippen LogP contribution is 2.41. The summed E-state index contributed by atoms with van der Waals surface area (Å²) in [5.74, 6) is 0.131. The first-order valence-electron chi connectivity index (χ1n) is 6.86. The van der Waals surface area contributed by atoms with Gasteiger partial charge in [0.15, 0.2) is 11.6 Å². The van der Waals surface area contributed by atoms with E-state index in [9.17, 15) is 4.39 Å². The molecule has 0 saturated carbocycles. The van der Waals surface area contributed by atoms with Crippen LogP contribution in [0.1, 0.15) is 24.8 Å². The van der Waals surface area contributed by atoms with Crippen molar-refractivity contribution in [3.8, 4) is 5.75 Å². The first-order valence-corrected chi connectivity index (χ1v) is 6.86. The van der Waals surface area contributed by atoms with Crippen LogP contribution in [0.2, 0.25) is 0 Å². The Kier molecular flexibility index (Phi) is 4.42. The largest absolute Gasteiger partial charge is 0.490 e. The second-order valence-corrected chi connectivity index (χ2v) is 5.61. The van der Waals surface area contributed by atoms with Crippen LogP contribution in [0.3, 0.4) is 0 Å². The molecule has 1 heterocycles. The van der Waals surface area contributed by atoms with E-state index in [0.717, 1.165) is 31.4 Å². The molecular weight excluding hydrogens is 243 g/mol. The van der Waals surface area contributed by atoms with Gasteiger partial charge in [0, 0.05) is 17.5 Å². The van der Waals surface area contributed by atoms with E-state index in [0.29, 0.717) is 18.9 Å². The Morgan fingerprint density at radius 1 is 1.42 bits per heavy atom. The summed E-state index contributed by atoms with van der Waals surface area (Å²) in [7, 11) is 4.09. The van der Waals surface area contributed by atoms with E-state index < -0.39 is 0 Å². The summed E-state index contributed by atoms with van der Waals surface area (Å²) < 4.78 is 19.6. The van der Waals surface area contributed by atoms with Crippen LogP contribution >= 0.6 is 0 Å². The molecule has 0 radical (unpaired) electrons. The Morgan fingerprint density at radius 2 is 2.21 bits per heavy atom. The second-order valence-electron chi connectivity index (χ2n) is 5.61. The van der Waals surface area contributed by atoms with Gasteiger partial charge in [-0.25, -0.2) is 4.39 Å². The fourth-order valence-corrected chi connectivity index (χ4v) is 2.80. The van der Waals surface area contributed by atoms with Gasteiger partial charge in [-0.3, -0.25) is 0 Å². The topological polar surface area (TPSA) is 38.5 Å². The summed E-state index contributed by atoms with van der Waals surface area (Å²) in [5.41, 5.74) is 6.83. The van der Waals surface area contributed by atoms with Crippen LogP contribution in [0.5, 0.6) is 5.75 Å². The summed E-state index contributed by atoms with van der Waals surface area (Å²) in [6, 6.07) is 5.17. The zero-order valence-electron chi connectivity index (χ0n) is 11.8. The molecule has 0 spiro atoms. The molecule has 4 heteroatoms. The third-order valence-corrected chi connectivity index (χ3v) is 4.01. The lowest BCUT2D eigenvalue weighted by atomic mass is 9.74. The molecule has 106 valence electrons. The molecule has 0 amide bonds. The third kappa shape index (κ3) is 2.90. The van der Waals surface area contributed by atoms with Gasteiger partial charge in [0.05, 0.1) is 6.61 Å². The Labute approximate surface area is 114 Å². The highest BCUT2D eigenvalue weighted by atomic mass is 19.1. The lowest BCUT2D eigenvalue weighted by Crippen LogP contribution is -2.37. The maximum atomic E-state index is 14.0. The van der Waals surface area contributed by atoms with Crippen molar-refractivity contribution >= 4 is 0 Å². The zero-order valence-corrected chi connectivity index (χ0v) is 11.8. The van der Waals surface area contributed by atoms with E-state index >= 15 is 0 Å². The zero-order chi connectivity index (χ0) is 13.9. The minimum atomic E-state index is -0.276. The quantitative estimate of drug-likeness (QED) is 0.907. The second kappa shape index (κ2) is 5.88. The van der Waals surface area contributed by atoms with Crippen LogP contribution < -0.4 is 10.5 Å². The molecule has 1 aromatic carbocycles. The van der Waals surface area contributed by atoms with Crippen molar-refractivity contribution in [2.75, 3.05) is 33.8 Å². The number of fused-ring (bicyclic) bond motifs is 1. The first-order chi connectivity index (χ1) is 9.09. The van der Waals surface area contributed by atoms with Gasteiger partial charge in [-0.05, 0) is 46.0 Å². The molecule has 0 fully saturated rings.